The maximum atomic E-state index is 6.54. The second-order valence-corrected chi connectivity index (χ2v) is 19.4. The maximum absolute atomic E-state index is 6.54. The molecule has 2 unspecified atom stereocenters. The van der Waals surface area contributed by atoms with Crippen LogP contribution >= 0.6 is 11.3 Å². The molecule has 1 aliphatic heterocycles. The Morgan fingerprint density at radius 1 is 0.515 bits per heavy atom. The highest BCUT2D eigenvalue weighted by molar-refractivity contribution is 7.26. The van der Waals surface area contributed by atoms with Crippen molar-refractivity contribution >= 4 is 108 Å². The van der Waals surface area contributed by atoms with Crippen LogP contribution in [0, 0.1) is 5.92 Å². The van der Waals surface area contributed by atoms with E-state index in [1.165, 1.54) is 91.6 Å². The van der Waals surface area contributed by atoms with Crippen LogP contribution in [0.1, 0.15) is 36.9 Å². The number of fused-ring (bicyclic) bond motifs is 13. The van der Waals surface area contributed by atoms with Crippen molar-refractivity contribution in [3.63, 3.8) is 0 Å². The Balaban J connectivity index is 1.04. The molecule has 0 radical (unpaired) electrons. The summed E-state index contributed by atoms with van der Waals surface area (Å²) in [5, 5.41) is 14.1. The molecule has 68 heavy (non-hydrogen) atoms. The predicted molar refractivity (Wildman–Crippen MR) is 289 cm³/mol. The van der Waals surface area contributed by atoms with Crippen molar-refractivity contribution in [3.8, 4) is 16.8 Å². The van der Waals surface area contributed by atoms with Crippen molar-refractivity contribution in [3.05, 3.63) is 223 Å². The van der Waals surface area contributed by atoms with Crippen LogP contribution in [0.4, 0.5) is 0 Å². The van der Waals surface area contributed by atoms with Crippen molar-refractivity contribution in [2.24, 2.45) is 5.92 Å². The fraction of sp³-hybridized carbons (Fsp3) is 0.0794. The average molecular weight is 892 g/mol. The molecule has 0 bridgehead atoms. The van der Waals surface area contributed by atoms with Crippen LogP contribution in [0.3, 0.4) is 0 Å². The molecule has 14 rings (SSSR count). The van der Waals surface area contributed by atoms with Crippen LogP contribution in [0.25, 0.3) is 114 Å². The van der Waals surface area contributed by atoms with Gasteiger partial charge in [-0.15, -0.1) is 11.3 Å². The van der Waals surface area contributed by atoms with E-state index in [4.69, 9.17) is 4.42 Å². The molecule has 1 aliphatic rings. The summed E-state index contributed by atoms with van der Waals surface area (Å²) < 4.78 is 14.3. The Bertz CT molecular complexity index is 4220. The van der Waals surface area contributed by atoms with Gasteiger partial charge in [0, 0.05) is 64.1 Å². The van der Waals surface area contributed by atoms with E-state index in [-0.39, 0.29) is 12.0 Å². The molecule has 0 fully saturated rings. The summed E-state index contributed by atoms with van der Waals surface area (Å²) in [7, 11) is 0. The number of para-hydroxylation sites is 3. The number of hydrogen-bond acceptors (Lipinski definition) is 3. The highest BCUT2D eigenvalue weighted by Crippen LogP contribution is 2.45. The van der Waals surface area contributed by atoms with E-state index in [2.05, 4.69) is 234 Å². The number of nitrogens with one attached hydrogen (secondary N) is 1. The summed E-state index contributed by atoms with van der Waals surface area (Å²) in [6.07, 6.45) is 6.82. The van der Waals surface area contributed by atoms with Crippen LogP contribution in [-0.4, -0.2) is 9.13 Å². The van der Waals surface area contributed by atoms with E-state index in [0.29, 0.717) is 0 Å². The van der Waals surface area contributed by atoms with E-state index < -0.39 is 0 Å². The SMILES string of the molecule is CC1/C=C(/n2c3ccccc3c3ccc4c5ccccc5n(-c5cccc(-c6ccccc6)c5)c4c32)NC(c2ccc3c(c2)oc2ccccc23)CC/C=C\1c1cccc2c1sc1ccccc12. The number of benzene rings is 9. The van der Waals surface area contributed by atoms with Crippen LogP contribution in [-0.2, 0) is 0 Å². The third-order valence-corrected chi connectivity index (χ3v) is 15.7. The molecule has 0 amide bonds. The minimum Gasteiger partial charge on any atom is -0.456 e. The lowest BCUT2D eigenvalue weighted by Gasteiger charge is -2.24. The van der Waals surface area contributed by atoms with Gasteiger partial charge in [-0.2, -0.15) is 0 Å². The first-order valence-electron chi connectivity index (χ1n) is 23.8. The molecule has 0 saturated heterocycles. The van der Waals surface area contributed by atoms with Crippen molar-refractivity contribution in [1.82, 2.24) is 14.5 Å². The molecule has 5 heterocycles. The number of nitrogens with zero attached hydrogens (tertiary/aromatic N) is 2. The lowest BCUT2D eigenvalue weighted by atomic mass is 9.91. The Hall–Kier alpha value is -8.12. The summed E-state index contributed by atoms with van der Waals surface area (Å²) in [5.41, 5.74) is 13.9. The smallest absolute Gasteiger partial charge is 0.135 e. The summed E-state index contributed by atoms with van der Waals surface area (Å²) in [4.78, 5) is 0. The fourth-order valence-corrected chi connectivity index (χ4v) is 12.6. The third-order valence-electron chi connectivity index (χ3n) is 14.5. The molecular formula is C63H45N3OS. The molecule has 0 saturated carbocycles. The summed E-state index contributed by atoms with van der Waals surface area (Å²) in [6.45, 7) is 2.38. The number of aromatic nitrogens is 2. The minimum atomic E-state index is -0.0226. The minimum absolute atomic E-state index is 0.0226. The zero-order chi connectivity index (χ0) is 44.9. The molecule has 9 aromatic carbocycles. The van der Waals surface area contributed by atoms with Gasteiger partial charge >= 0.3 is 0 Å². The van der Waals surface area contributed by atoms with Gasteiger partial charge in [-0.05, 0) is 89.2 Å². The molecular weight excluding hydrogens is 847 g/mol. The largest absolute Gasteiger partial charge is 0.456 e. The van der Waals surface area contributed by atoms with E-state index in [9.17, 15) is 0 Å². The second-order valence-electron chi connectivity index (χ2n) is 18.4. The van der Waals surface area contributed by atoms with E-state index in [1.54, 1.807) is 0 Å². The normalized spacial score (nSPS) is 17.4. The number of thiophene rings is 1. The van der Waals surface area contributed by atoms with Gasteiger partial charge < -0.3 is 14.3 Å². The monoisotopic (exact) mass is 891 g/mol. The van der Waals surface area contributed by atoms with Crippen molar-refractivity contribution < 1.29 is 4.42 Å². The van der Waals surface area contributed by atoms with Crippen molar-refractivity contribution in [2.75, 3.05) is 0 Å². The lowest BCUT2D eigenvalue weighted by Crippen LogP contribution is -2.23. The zero-order valence-corrected chi connectivity index (χ0v) is 38.3. The molecule has 4 aromatic heterocycles. The topological polar surface area (TPSA) is 35.0 Å². The Labute approximate surface area is 397 Å². The predicted octanol–water partition coefficient (Wildman–Crippen LogP) is 17.5. The first kappa shape index (κ1) is 39.1. The van der Waals surface area contributed by atoms with Crippen LogP contribution in [0.15, 0.2) is 217 Å². The summed E-state index contributed by atoms with van der Waals surface area (Å²) in [5.74, 6) is 1.13. The van der Waals surface area contributed by atoms with Gasteiger partial charge in [-0.1, -0.05) is 171 Å². The third kappa shape index (κ3) is 6.05. The van der Waals surface area contributed by atoms with Gasteiger partial charge in [0.2, 0.25) is 0 Å². The molecule has 0 aliphatic carbocycles. The molecule has 5 heteroatoms. The standard InChI is InChI=1S/C63H45N3OS/c1-39-36-60(64-54(42-32-33-48-47-22-7-11-30-57(47)67-58(48)38-42)27-15-24-44(39)52-25-14-26-53-49-23-8-12-31-59(49)68-63(52)53)66-56-29-10-6-21-46(56)51-35-34-50-45-20-5-9-28-55(45)65(61(50)62(51)66)43-19-13-18-41(37-43)40-16-3-2-4-17-40/h2-14,16-26,28-39,54,64H,15,27H2,1H3/b44-24+,60-36+. The Morgan fingerprint density at radius 2 is 1.15 bits per heavy atom. The first-order chi connectivity index (χ1) is 33.6. The molecule has 13 aromatic rings. The molecule has 1 N–H and O–H groups in total. The maximum Gasteiger partial charge on any atom is 0.135 e. The number of allylic oxidation sites excluding steroid dienone is 3. The van der Waals surface area contributed by atoms with Crippen molar-refractivity contribution in [1.29, 1.82) is 0 Å². The zero-order valence-electron chi connectivity index (χ0n) is 37.5. The number of rotatable bonds is 5. The number of furan rings is 1. The van der Waals surface area contributed by atoms with Gasteiger partial charge in [0.25, 0.3) is 0 Å². The average Bonchev–Trinajstić information content (AvgIpc) is 4.15. The van der Waals surface area contributed by atoms with E-state index in [0.717, 1.165) is 46.3 Å². The Morgan fingerprint density at radius 3 is 1.97 bits per heavy atom. The highest BCUT2D eigenvalue weighted by atomic mass is 32.1. The fourth-order valence-electron chi connectivity index (χ4n) is 11.4. The van der Waals surface area contributed by atoms with Crippen LogP contribution in [0.2, 0.25) is 0 Å². The second kappa shape index (κ2) is 15.5. The van der Waals surface area contributed by atoms with Gasteiger partial charge in [0.1, 0.15) is 17.0 Å². The molecule has 0 spiro atoms. The van der Waals surface area contributed by atoms with Crippen LogP contribution < -0.4 is 5.32 Å². The highest BCUT2D eigenvalue weighted by Gasteiger charge is 2.26. The molecule has 324 valence electrons. The van der Waals surface area contributed by atoms with Gasteiger partial charge in [-0.3, -0.25) is 4.57 Å². The molecule has 2 atom stereocenters. The van der Waals surface area contributed by atoms with Gasteiger partial charge in [-0.25, -0.2) is 0 Å². The first-order valence-corrected chi connectivity index (χ1v) is 24.6. The van der Waals surface area contributed by atoms with E-state index >= 15 is 0 Å². The van der Waals surface area contributed by atoms with E-state index in [1.807, 2.05) is 11.3 Å². The van der Waals surface area contributed by atoms with Crippen LogP contribution in [0.5, 0.6) is 0 Å². The summed E-state index contributed by atoms with van der Waals surface area (Å²) in [6, 6.07) is 73.2. The quantitative estimate of drug-likeness (QED) is 0.187. The summed E-state index contributed by atoms with van der Waals surface area (Å²) >= 11 is 1.91. The van der Waals surface area contributed by atoms with Gasteiger partial charge in [0.15, 0.2) is 0 Å². The molecule has 4 nitrogen and oxygen atoms in total. The van der Waals surface area contributed by atoms with Crippen molar-refractivity contribution in [2.45, 2.75) is 25.8 Å². The van der Waals surface area contributed by atoms with Gasteiger partial charge in [0.05, 0.1) is 28.1 Å². The number of hydrogen-bond donors (Lipinski definition) is 1. The lowest BCUT2D eigenvalue weighted by molar-refractivity contribution is 0.576. The Kier molecular flexibility index (Phi) is 8.90.